The number of anilines is 1. The number of amides is 1. The normalized spacial score (nSPS) is 10.5. The van der Waals surface area contributed by atoms with E-state index < -0.39 is 17.0 Å². The first-order chi connectivity index (χ1) is 11.9. The SMILES string of the molecule is Cc1nc(NC(=O)c2cnc(-c3ccc(Cl)cc3)[nH]c2=O)cc(=O)[nH]1. The van der Waals surface area contributed by atoms with Crippen molar-refractivity contribution < 1.29 is 4.79 Å². The molecule has 0 aliphatic heterocycles. The van der Waals surface area contributed by atoms with Crippen molar-refractivity contribution in [3.8, 4) is 11.4 Å². The highest BCUT2D eigenvalue weighted by Crippen LogP contribution is 2.16. The van der Waals surface area contributed by atoms with E-state index in [-0.39, 0.29) is 11.4 Å². The van der Waals surface area contributed by atoms with Gasteiger partial charge in [-0.05, 0) is 31.2 Å². The van der Waals surface area contributed by atoms with E-state index in [1.54, 1.807) is 31.2 Å². The summed E-state index contributed by atoms with van der Waals surface area (Å²) in [5, 5.41) is 2.96. The first-order valence-electron chi connectivity index (χ1n) is 7.17. The average Bonchev–Trinajstić information content (AvgIpc) is 2.54. The second-order valence-electron chi connectivity index (χ2n) is 5.15. The number of rotatable bonds is 3. The van der Waals surface area contributed by atoms with Crippen molar-refractivity contribution in [2.24, 2.45) is 0 Å². The minimum Gasteiger partial charge on any atom is -0.311 e. The number of carbonyl (C=O) groups is 1. The van der Waals surface area contributed by atoms with Gasteiger partial charge < -0.3 is 15.3 Å². The first kappa shape index (κ1) is 16.6. The summed E-state index contributed by atoms with van der Waals surface area (Å²) < 4.78 is 0. The molecule has 0 aliphatic carbocycles. The molecule has 0 unspecified atom stereocenters. The van der Waals surface area contributed by atoms with Gasteiger partial charge in [-0.15, -0.1) is 0 Å². The summed E-state index contributed by atoms with van der Waals surface area (Å²) in [7, 11) is 0. The molecule has 9 heteroatoms. The molecular formula is C16H12ClN5O3. The molecule has 1 aromatic carbocycles. The number of H-pyrrole nitrogens is 2. The van der Waals surface area contributed by atoms with Gasteiger partial charge in [-0.3, -0.25) is 14.4 Å². The Kier molecular flexibility index (Phi) is 4.44. The first-order valence-corrected chi connectivity index (χ1v) is 7.55. The van der Waals surface area contributed by atoms with Crippen LogP contribution in [0.1, 0.15) is 16.2 Å². The number of carbonyl (C=O) groups excluding carboxylic acids is 1. The molecule has 126 valence electrons. The van der Waals surface area contributed by atoms with Gasteiger partial charge in [0.2, 0.25) is 0 Å². The van der Waals surface area contributed by atoms with Crippen LogP contribution in [-0.2, 0) is 0 Å². The molecule has 0 spiro atoms. The lowest BCUT2D eigenvalue weighted by Gasteiger charge is -2.05. The van der Waals surface area contributed by atoms with Crippen molar-refractivity contribution in [3.63, 3.8) is 0 Å². The molecular weight excluding hydrogens is 346 g/mol. The molecule has 0 aliphatic rings. The largest absolute Gasteiger partial charge is 0.311 e. The van der Waals surface area contributed by atoms with Crippen LogP contribution in [0.3, 0.4) is 0 Å². The van der Waals surface area contributed by atoms with Crippen LogP contribution in [0.25, 0.3) is 11.4 Å². The Bertz CT molecular complexity index is 1060. The zero-order valence-corrected chi connectivity index (χ0v) is 13.7. The molecule has 0 radical (unpaired) electrons. The Morgan fingerprint density at radius 3 is 2.52 bits per heavy atom. The predicted molar refractivity (Wildman–Crippen MR) is 92.9 cm³/mol. The van der Waals surface area contributed by atoms with Crippen molar-refractivity contribution >= 4 is 23.3 Å². The third-order valence-corrected chi connectivity index (χ3v) is 3.52. The molecule has 3 rings (SSSR count). The molecule has 0 saturated heterocycles. The van der Waals surface area contributed by atoms with Crippen LogP contribution < -0.4 is 16.4 Å². The summed E-state index contributed by atoms with van der Waals surface area (Å²) in [5.41, 5.74) is -0.565. The van der Waals surface area contributed by atoms with Crippen molar-refractivity contribution in [2.45, 2.75) is 6.92 Å². The van der Waals surface area contributed by atoms with E-state index in [0.29, 0.717) is 22.2 Å². The van der Waals surface area contributed by atoms with Gasteiger partial charge in [0, 0.05) is 22.8 Å². The van der Waals surface area contributed by atoms with Crippen LogP contribution in [0.2, 0.25) is 5.02 Å². The van der Waals surface area contributed by atoms with Crippen molar-refractivity contribution in [3.05, 3.63) is 73.6 Å². The highest BCUT2D eigenvalue weighted by Gasteiger charge is 2.14. The second kappa shape index (κ2) is 6.70. The quantitative estimate of drug-likeness (QED) is 0.659. The Labute approximate surface area is 145 Å². The Morgan fingerprint density at radius 2 is 1.88 bits per heavy atom. The summed E-state index contributed by atoms with van der Waals surface area (Å²) in [6, 6.07) is 7.85. The molecule has 2 aromatic heterocycles. The van der Waals surface area contributed by atoms with E-state index in [2.05, 4.69) is 25.3 Å². The number of nitrogens with one attached hydrogen (secondary N) is 3. The molecule has 0 saturated carbocycles. The van der Waals surface area contributed by atoms with Gasteiger partial charge in [0.05, 0.1) is 0 Å². The van der Waals surface area contributed by atoms with E-state index in [1.807, 2.05) is 0 Å². The zero-order chi connectivity index (χ0) is 18.0. The van der Waals surface area contributed by atoms with E-state index in [9.17, 15) is 14.4 Å². The molecule has 8 nitrogen and oxygen atoms in total. The van der Waals surface area contributed by atoms with Crippen LogP contribution >= 0.6 is 11.6 Å². The van der Waals surface area contributed by atoms with Crippen molar-refractivity contribution in [1.29, 1.82) is 0 Å². The van der Waals surface area contributed by atoms with Crippen LogP contribution in [0.5, 0.6) is 0 Å². The van der Waals surface area contributed by atoms with Gasteiger partial charge in [-0.25, -0.2) is 9.97 Å². The summed E-state index contributed by atoms with van der Waals surface area (Å²) in [6.07, 6.45) is 1.16. The topological polar surface area (TPSA) is 121 Å². The summed E-state index contributed by atoms with van der Waals surface area (Å²) in [6.45, 7) is 1.58. The van der Waals surface area contributed by atoms with Gasteiger partial charge in [0.1, 0.15) is 23.0 Å². The molecule has 0 bridgehead atoms. The third kappa shape index (κ3) is 3.81. The van der Waals surface area contributed by atoms with Crippen molar-refractivity contribution in [1.82, 2.24) is 19.9 Å². The highest BCUT2D eigenvalue weighted by atomic mass is 35.5. The minimum absolute atomic E-state index is 0.0485. The Balaban J connectivity index is 1.87. The Hall–Kier alpha value is -3.26. The number of nitrogens with zero attached hydrogens (tertiary/aromatic N) is 2. The lowest BCUT2D eigenvalue weighted by molar-refractivity contribution is 0.102. The van der Waals surface area contributed by atoms with Crippen molar-refractivity contribution in [2.75, 3.05) is 5.32 Å². The summed E-state index contributed by atoms with van der Waals surface area (Å²) in [4.78, 5) is 48.8. The van der Waals surface area contributed by atoms with Gasteiger partial charge in [-0.1, -0.05) is 11.6 Å². The summed E-state index contributed by atoms with van der Waals surface area (Å²) in [5.74, 6) is -0.0161. The van der Waals surface area contributed by atoms with Gasteiger partial charge >= 0.3 is 0 Å². The molecule has 0 atom stereocenters. The monoisotopic (exact) mass is 357 g/mol. The molecule has 1 amide bonds. The molecule has 25 heavy (non-hydrogen) atoms. The van der Waals surface area contributed by atoms with Gasteiger partial charge in [-0.2, -0.15) is 0 Å². The fourth-order valence-corrected chi connectivity index (χ4v) is 2.26. The van der Waals surface area contributed by atoms with Gasteiger partial charge in [0.15, 0.2) is 0 Å². The fourth-order valence-electron chi connectivity index (χ4n) is 2.14. The van der Waals surface area contributed by atoms with E-state index in [1.165, 1.54) is 0 Å². The molecule has 3 N–H and O–H groups in total. The maximum absolute atomic E-state index is 12.2. The zero-order valence-electron chi connectivity index (χ0n) is 13.0. The van der Waals surface area contributed by atoms with Gasteiger partial charge in [0.25, 0.3) is 17.0 Å². The number of aromatic amines is 2. The maximum atomic E-state index is 12.2. The lowest BCUT2D eigenvalue weighted by atomic mass is 10.2. The number of hydrogen-bond donors (Lipinski definition) is 3. The minimum atomic E-state index is -0.714. The highest BCUT2D eigenvalue weighted by molar-refractivity contribution is 6.30. The maximum Gasteiger partial charge on any atom is 0.264 e. The number of hydrogen-bond acceptors (Lipinski definition) is 5. The number of halogens is 1. The van der Waals surface area contributed by atoms with E-state index in [4.69, 9.17) is 11.6 Å². The van der Waals surface area contributed by atoms with Crippen LogP contribution in [0.15, 0.2) is 46.1 Å². The number of aromatic nitrogens is 4. The lowest BCUT2D eigenvalue weighted by Crippen LogP contribution is -2.25. The molecule has 2 heterocycles. The number of aryl methyl sites for hydroxylation is 1. The van der Waals surface area contributed by atoms with Crippen LogP contribution in [0, 0.1) is 6.92 Å². The standard InChI is InChI=1S/C16H12ClN5O3/c1-8-19-12(6-13(23)20-8)21-15(24)11-7-18-14(22-16(11)25)9-2-4-10(17)5-3-9/h2-7H,1H3,(H,18,22,25)(H2,19,20,21,23,24). The van der Waals surface area contributed by atoms with Crippen LogP contribution in [0.4, 0.5) is 5.82 Å². The number of benzene rings is 1. The smallest absolute Gasteiger partial charge is 0.264 e. The molecule has 0 fully saturated rings. The van der Waals surface area contributed by atoms with E-state index >= 15 is 0 Å². The fraction of sp³-hybridized carbons (Fsp3) is 0.0625. The molecule has 3 aromatic rings. The predicted octanol–water partition coefficient (Wildman–Crippen LogP) is 1.73. The van der Waals surface area contributed by atoms with E-state index in [0.717, 1.165) is 12.3 Å². The second-order valence-corrected chi connectivity index (χ2v) is 5.59. The van der Waals surface area contributed by atoms with Crippen LogP contribution in [-0.4, -0.2) is 25.8 Å². The summed E-state index contributed by atoms with van der Waals surface area (Å²) >= 11 is 5.82. The third-order valence-electron chi connectivity index (χ3n) is 3.26. The average molecular weight is 358 g/mol. The Morgan fingerprint density at radius 1 is 1.16 bits per heavy atom.